The molecule has 4 aromatic rings. The van der Waals surface area contributed by atoms with Gasteiger partial charge in [-0.2, -0.15) is 0 Å². The number of hydrogen-bond donors (Lipinski definition) is 0. The zero-order valence-corrected chi connectivity index (χ0v) is 24.9. The molecule has 0 spiro atoms. The van der Waals surface area contributed by atoms with E-state index in [1.807, 2.05) is 47.8 Å². The first-order chi connectivity index (χ1) is 20.1. The van der Waals surface area contributed by atoms with Crippen LogP contribution in [-0.4, -0.2) is 35.4 Å². The maximum Gasteiger partial charge on any atom is 0.199 e. The third kappa shape index (κ3) is 6.39. The first-order valence-electron chi connectivity index (χ1n) is 14.0. The monoisotopic (exact) mass is 578 g/mol. The van der Waals surface area contributed by atoms with Crippen molar-refractivity contribution in [2.24, 2.45) is 15.4 Å². The van der Waals surface area contributed by atoms with Crippen LogP contribution in [0.3, 0.4) is 0 Å². The Hall–Kier alpha value is -3.48. The van der Waals surface area contributed by atoms with Crippen LogP contribution in [0.1, 0.15) is 37.2 Å². The average molecular weight is 579 g/mol. The molecular weight excluding hydrogens is 545 g/mol. The highest BCUT2D eigenvalue weighted by Gasteiger charge is 2.47. The molecule has 4 atom stereocenters. The summed E-state index contributed by atoms with van der Waals surface area (Å²) in [6.07, 6.45) is -0.309. The number of hydrogen-bond acceptors (Lipinski definition) is 6. The van der Waals surface area contributed by atoms with Crippen LogP contribution in [0, 0.1) is 5.41 Å². The van der Waals surface area contributed by atoms with Crippen molar-refractivity contribution in [2.75, 3.05) is 11.5 Å². The first-order valence-corrected chi connectivity index (χ1v) is 16.0. The van der Waals surface area contributed by atoms with E-state index in [4.69, 9.17) is 19.5 Å². The van der Waals surface area contributed by atoms with Crippen molar-refractivity contribution in [3.63, 3.8) is 0 Å². The van der Waals surface area contributed by atoms with E-state index < -0.39 is 5.41 Å². The second kappa shape index (κ2) is 12.6. The van der Waals surface area contributed by atoms with Crippen molar-refractivity contribution >= 4 is 35.3 Å². The van der Waals surface area contributed by atoms with E-state index >= 15 is 0 Å². The van der Waals surface area contributed by atoms with Gasteiger partial charge in [-0.1, -0.05) is 97.1 Å². The molecule has 4 aromatic carbocycles. The lowest BCUT2D eigenvalue weighted by molar-refractivity contribution is 0.167. The SMILES string of the molecule is CC(C)(C1=N[C@@H](CSc2ccccc2)[C@H](c2ccccc2)O1)C1=N[C@@H](CSc2ccccc2)[C@H](c2ccccc2)O1. The molecule has 4 nitrogen and oxygen atoms in total. The molecule has 6 heteroatoms. The van der Waals surface area contributed by atoms with Crippen LogP contribution in [0.2, 0.25) is 0 Å². The van der Waals surface area contributed by atoms with Crippen molar-refractivity contribution < 1.29 is 9.47 Å². The lowest BCUT2D eigenvalue weighted by Crippen LogP contribution is -2.34. The number of rotatable bonds is 10. The normalized spacial score (nSPS) is 22.0. The third-order valence-corrected chi connectivity index (χ3v) is 9.62. The first kappa shape index (κ1) is 27.7. The lowest BCUT2D eigenvalue weighted by Gasteiger charge is -2.26. The molecule has 6 rings (SSSR count). The summed E-state index contributed by atoms with van der Waals surface area (Å²) in [6, 6.07) is 41.8. The summed E-state index contributed by atoms with van der Waals surface area (Å²) in [6.45, 7) is 4.24. The topological polar surface area (TPSA) is 43.2 Å². The number of nitrogens with zero attached hydrogens (tertiary/aromatic N) is 2. The zero-order chi connectivity index (χ0) is 28.1. The molecule has 0 unspecified atom stereocenters. The minimum atomic E-state index is -0.613. The summed E-state index contributed by atoms with van der Waals surface area (Å²) >= 11 is 3.62. The van der Waals surface area contributed by atoms with Gasteiger partial charge in [0.1, 0.15) is 29.7 Å². The van der Waals surface area contributed by atoms with Crippen LogP contribution in [0.5, 0.6) is 0 Å². The average Bonchev–Trinajstić information content (AvgIpc) is 3.67. The zero-order valence-electron chi connectivity index (χ0n) is 23.3. The van der Waals surface area contributed by atoms with Gasteiger partial charge < -0.3 is 9.47 Å². The van der Waals surface area contributed by atoms with Gasteiger partial charge in [-0.3, -0.25) is 0 Å². The van der Waals surface area contributed by atoms with Crippen LogP contribution >= 0.6 is 23.5 Å². The summed E-state index contributed by atoms with van der Waals surface area (Å²) in [5.74, 6) is 3.01. The van der Waals surface area contributed by atoms with Gasteiger partial charge in [-0.15, -0.1) is 23.5 Å². The van der Waals surface area contributed by atoms with Gasteiger partial charge in [0.05, 0.1) is 0 Å². The molecular formula is C35H34N2O2S2. The highest BCUT2D eigenvalue weighted by atomic mass is 32.2. The highest BCUT2D eigenvalue weighted by molar-refractivity contribution is 7.99. The van der Waals surface area contributed by atoms with Crippen molar-refractivity contribution in [3.05, 3.63) is 132 Å². The predicted molar refractivity (Wildman–Crippen MR) is 171 cm³/mol. The molecule has 0 saturated heterocycles. The summed E-state index contributed by atoms with van der Waals surface area (Å²) < 4.78 is 13.4. The summed E-state index contributed by atoms with van der Waals surface area (Å²) in [5, 5.41) is 0. The summed E-state index contributed by atoms with van der Waals surface area (Å²) in [4.78, 5) is 12.9. The fourth-order valence-corrected chi connectivity index (χ4v) is 7.04. The number of ether oxygens (including phenoxy) is 2. The van der Waals surface area contributed by atoms with E-state index in [-0.39, 0.29) is 24.3 Å². The van der Waals surface area contributed by atoms with E-state index in [0.29, 0.717) is 11.8 Å². The van der Waals surface area contributed by atoms with E-state index in [1.54, 1.807) is 0 Å². The van der Waals surface area contributed by atoms with E-state index in [2.05, 4.69) is 111 Å². The van der Waals surface area contributed by atoms with Crippen LogP contribution in [0.15, 0.2) is 141 Å². The fourth-order valence-electron chi connectivity index (χ4n) is 5.12. The Bertz CT molecular complexity index is 1370. The minimum Gasteiger partial charge on any atom is -0.470 e. The Kier molecular flexibility index (Phi) is 8.49. The molecule has 0 N–H and O–H groups in total. The van der Waals surface area contributed by atoms with Crippen molar-refractivity contribution in [3.8, 4) is 0 Å². The molecule has 0 amide bonds. The van der Waals surface area contributed by atoms with Crippen molar-refractivity contribution in [2.45, 2.75) is 47.9 Å². The molecule has 208 valence electrons. The van der Waals surface area contributed by atoms with Gasteiger partial charge in [-0.05, 0) is 49.2 Å². The molecule has 0 fully saturated rings. The van der Waals surface area contributed by atoms with Gasteiger partial charge in [0.2, 0.25) is 0 Å². The molecule has 0 aliphatic carbocycles. The Morgan fingerprint density at radius 3 is 1.24 bits per heavy atom. The van der Waals surface area contributed by atoms with Gasteiger partial charge in [0, 0.05) is 21.3 Å². The quantitative estimate of drug-likeness (QED) is 0.177. The molecule has 2 heterocycles. The Balaban J connectivity index is 1.26. The van der Waals surface area contributed by atoms with Gasteiger partial charge >= 0.3 is 0 Å². The summed E-state index contributed by atoms with van der Waals surface area (Å²) in [5.41, 5.74) is 1.65. The van der Waals surface area contributed by atoms with Crippen molar-refractivity contribution in [1.82, 2.24) is 0 Å². The van der Waals surface area contributed by atoms with Crippen LogP contribution in [0.25, 0.3) is 0 Å². The second-order valence-electron chi connectivity index (χ2n) is 10.8. The molecule has 0 aromatic heterocycles. The van der Waals surface area contributed by atoms with E-state index in [1.165, 1.54) is 9.79 Å². The summed E-state index contributed by atoms with van der Waals surface area (Å²) in [7, 11) is 0. The third-order valence-electron chi connectivity index (χ3n) is 7.40. The van der Waals surface area contributed by atoms with Crippen molar-refractivity contribution in [1.29, 1.82) is 0 Å². The molecule has 41 heavy (non-hydrogen) atoms. The Morgan fingerprint density at radius 1 is 0.537 bits per heavy atom. The standard InChI is InChI=1S/C35H34N2O2S2/c1-35(2,33-36-29(23-40-27-19-11-5-12-20-27)31(38-33)25-15-7-3-8-16-25)34-37-30(24-41-28-21-13-6-14-22-28)32(39-34)26-17-9-4-10-18-26/h3-22,29-32H,23-24H2,1-2H3/t29-,30-,31-,32-/m0/s1. The molecule has 0 bridgehead atoms. The Labute approximate surface area is 251 Å². The number of thioether (sulfide) groups is 2. The van der Waals surface area contributed by atoms with Gasteiger partial charge in [0.15, 0.2) is 11.8 Å². The smallest absolute Gasteiger partial charge is 0.199 e. The van der Waals surface area contributed by atoms with Crippen LogP contribution < -0.4 is 0 Å². The van der Waals surface area contributed by atoms with Crippen LogP contribution in [0.4, 0.5) is 0 Å². The maximum atomic E-state index is 6.70. The largest absolute Gasteiger partial charge is 0.470 e. The molecule has 0 radical (unpaired) electrons. The lowest BCUT2D eigenvalue weighted by atomic mass is 9.93. The van der Waals surface area contributed by atoms with E-state index in [0.717, 1.165) is 22.6 Å². The van der Waals surface area contributed by atoms with Crippen LogP contribution in [-0.2, 0) is 9.47 Å². The van der Waals surface area contributed by atoms with E-state index in [9.17, 15) is 0 Å². The second-order valence-corrected chi connectivity index (χ2v) is 13.0. The maximum absolute atomic E-state index is 6.70. The molecule has 0 saturated carbocycles. The minimum absolute atomic E-state index is 0.0202. The Morgan fingerprint density at radius 2 is 0.878 bits per heavy atom. The molecule has 2 aliphatic rings. The molecule has 2 aliphatic heterocycles. The van der Waals surface area contributed by atoms with Gasteiger partial charge in [0.25, 0.3) is 0 Å². The fraction of sp³-hybridized carbons (Fsp3) is 0.257. The number of aliphatic imine (C=N–C) groups is 2. The van der Waals surface area contributed by atoms with Gasteiger partial charge in [-0.25, -0.2) is 9.98 Å². The number of benzene rings is 4. The highest BCUT2D eigenvalue weighted by Crippen LogP contribution is 2.42. The predicted octanol–water partition coefficient (Wildman–Crippen LogP) is 8.67.